The highest BCUT2D eigenvalue weighted by Gasteiger charge is 2.11. The van der Waals surface area contributed by atoms with Gasteiger partial charge in [-0.3, -0.25) is 10.1 Å². The van der Waals surface area contributed by atoms with Gasteiger partial charge in [0.05, 0.1) is 13.2 Å². The predicted molar refractivity (Wildman–Crippen MR) is 103 cm³/mol. The zero-order chi connectivity index (χ0) is 19.6. The number of nitrogens with one attached hydrogen (secondary N) is 2. The van der Waals surface area contributed by atoms with Gasteiger partial charge in [-0.1, -0.05) is 11.6 Å². The van der Waals surface area contributed by atoms with Crippen LogP contribution in [0.1, 0.15) is 13.8 Å². The van der Waals surface area contributed by atoms with Crippen molar-refractivity contribution in [2.24, 2.45) is 0 Å². The number of imide groups is 1. The van der Waals surface area contributed by atoms with E-state index in [0.717, 1.165) is 0 Å². The second-order valence-electron chi connectivity index (χ2n) is 5.27. The Bertz CT molecular complexity index is 780. The number of rotatable bonds is 8. The van der Waals surface area contributed by atoms with Gasteiger partial charge in [0.2, 0.25) is 0 Å². The summed E-state index contributed by atoms with van der Waals surface area (Å²) in [7, 11) is 0. The van der Waals surface area contributed by atoms with Crippen LogP contribution in [-0.2, 0) is 4.79 Å². The first kappa shape index (κ1) is 20.4. The Kier molecular flexibility index (Phi) is 7.76. The van der Waals surface area contributed by atoms with Gasteiger partial charge >= 0.3 is 6.03 Å². The van der Waals surface area contributed by atoms with Crippen LogP contribution in [0.2, 0.25) is 5.02 Å². The van der Waals surface area contributed by atoms with Gasteiger partial charge < -0.3 is 19.5 Å². The molecule has 0 aliphatic carbocycles. The highest BCUT2D eigenvalue weighted by atomic mass is 35.5. The van der Waals surface area contributed by atoms with Crippen molar-refractivity contribution < 1.29 is 23.8 Å². The van der Waals surface area contributed by atoms with E-state index in [1.165, 1.54) is 0 Å². The van der Waals surface area contributed by atoms with Crippen LogP contribution in [0.3, 0.4) is 0 Å². The first-order chi connectivity index (χ1) is 13.0. The van der Waals surface area contributed by atoms with Crippen molar-refractivity contribution in [1.29, 1.82) is 0 Å². The van der Waals surface area contributed by atoms with Crippen molar-refractivity contribution in [3.8, 4) is 17.2 Å². The van der Waals surface area contributed by atoms with E-state index in [-0.39, 0.29) is 6.61 Å². The number of anilines is 1. The molecule has 3 amide bonds. The van der Waals surface area contributed by atoms with Crippen molar-refractivity contribution >= 4 is 29.2 Å². The van der Waals surface area contributed by atoms with E-state index in [0.29, 0.717) is 41.2 Å². The lowest BCUT2D eigenvalue weighted by Gasteiger charge is -2.13. The highest BCUT2D eigenvalue weighted by molar-refractivity contribution is 6.30. The second kappa shape index (κ2) is 10.3. The van der Waals surface area contributed by atoms with Crippen LogP contribution >= 0.6 is 11.6 Å². The van der Waals surface area contributed by atoms with Crippen molar-refractivity contribution in [2.75, 3.05) is 25.1 Å². The Balaban J connectivity index is 1.87. The molecule has 144 valence electrons. The van der Waals surface area contributed by atoms with Gasteiger partial charge in [0.15, 0.2) is 18.1 Å². The lowest BCUT2D eigenvalue weighted by atomic mass is 10.2. The van der Waals surface area contributed by atoms with Crippen molar-refractivity contribution in [2.45, 2.75) is 13.8 Å². The van der Waals surface area contributed by atoms with Crippen molar-refractivity contribution in [3.63, 3.8) is 0 Å². The number of halogens is 1. The summed E-state index contributed by atoms with van der Waals surface area (Å²) in [5, 5.41) is 5.32. The molecule has 2 aromatic rings. The van der Waals surface area contributed by atoms with E-state index in [4.69, 9.17) is 25.8 Å². The highest BCUT2D eigenvalue weighted by Crippen LogP contribution is 2.30. The minimum Gasteiger partial charge on any atom is -0.490 e. The number of benzene rings is 2. The molecule has 0 fully saturated rings. The van der Waals surface area contributed by atoms with E-state index in [1.54, 1.807) is 42.5 Å². The average molecular weight is 393 g/mol. The van der Waals surface area contributed by atoms with E-state index in [1.807, 2.05) is 13.8 Å². The largest absolute Gasteiger partial charge is 0.490 e. The molecule has 0 aliphatic rings. The molecule has 0 bridgehead atoms. The average Bonchev–Trinajstić information content (AvgIpc) is 2.63. The molecule has 0 atom stereocenters. The van der Waals surface area contributed by atoms with Gasteiger partial charge in [-0.2, -0.15) is 0 Å². The summed E-state index contributed by atoms with van der Waals surface area (Å²) in [6, 6.07) is 10.8. The van der Waals surface area contributed by atoms with Gasteiger partial charge in [0, 0.05) is 16.8 Å². The number of urea groups is 1. The van der Waals surface area contributed by atoms with E-state index in [9.17, 15) is 9.59 Å². The maximum Gasteiger partial charge on any atom is 0.325 e. The summed E-state index contributed by atoms with van der Waals surface area (Å²) in [5.74, 6) is 0.980. The fourth-order valence-corrected chi connectivity index (χ4v) is 2.26. The number of carbonyl (C=O) groups is 2. The molecule has 0 unspecified atom stereocenters. The number of amides is 3. The molecular formula is C19H21ClN2O5. The molecule has 27 heavy (non-hydrogen) atoms. The molecule has 7 nitrogen and oxygen atoms in total. The summed E-state index contributed by atoms with van der Waals surface area (Å²) in [4.78, 5) is 23.8. The molecular weight excluding hydrogens is 372 g/mol. The molecule has 0 heterocycles. The monoisotopic (exact) mass is 392 g/mol. The summed E-state index contributed by atoms with van der Waals surface area (Å²) < 4.78 is 16.2. The Labute approximate surface area is 162 Å². The summed E-state index contributed by atoms with van der Waals surface area (Å²) in [5.41, 5.74) is 0.464. The van der Waals surface area contributed by atoms with Gasteiger partial charge in [-0.05, 0) is 50.2 Å². The lowest BCUT2D eigenvalue weighted by molar-refractivity contribution is -0.121. The van der Waals surface area contributed by atoms with Crippen LogP contribution in [-0.4, -0.2) is 31.8 Å². The number of hydrogen-bond acceptors (Lipinski definition) is 5. The Morgan fingerprint density at radius 3 is 2.26 bits per heavy atom. The molecule has 0 saturated heterocycles. The minimum absolute atomic E-state index is 0.303. The quantitative estimate of drug-likeness (QED) is 0.712. The molecule has 2 N–H and O–H groups in total. The van der Waals surface area contributed by atoms with Crippen LogP contribution in [0.25, 0.3) is 0 Å². The fourth-order valence-electron chi connectivity index (χ4n) is 2.13. The SMILES string of the molecule is CCOc1ccc(NC(=O)NC(=O)COc2ccc(Cl)cc2)cc1OCC. The standard InChI is InChI=1S/C19H21ClN2O5/c1-3-25-16-10-7-14(11-17(16)26-4-2)21-19(24)22-18(23)12-27-15-8-5-13(20)6-9-15/h5-11H,3-4,12H2,1-2H3,(H2,21,22,23,24). The first-order valence-electron chi connectivity index (χ1n) is 8.40. The molecule has 8 heteroatoms. The second-order valence-corrected chi connectivity index (χ2v) is 5.71. The summed E-state index contributed by atoms with van der Waals surface area (Å²) >= 11 is 5.77. The minimum atomic E-state index is -0.675. The molecule has 2 aromatic carbocycles. The van der Waals surface area contributed by atoms with E-state index >= 15 is 0 Å². The lowest BCUT2D eigenvalue weighted by Crippen LogP contribution is -2.37. The van der Waals surface area contributed by atoms with Crippen LogP contribution in [0.5, 0.6) is 17.2 Å². The number of hydrogen-bond donors (Lipinski definition) is 2. The van der Waals surface area contributed by atoms with Crippen LogP contribution in [0.15, 0.2) is 42.5 Å². The van der Waals surface area contributed by atoms with Crippen LogP contribution in [0.4, 0.5) is 10.5 Å². The fraction of sp³-hybridized carbons (Fsp3) is 0.263. The van der Waals surface area contributed by atoms with Crippen molar-refractivity contribution in [1.82, 2.24) is 5.32 Å². The number of carbonyl (C=O) groups excluding carboxylic acids is 2. The normalized spacial score (nSPS) is 10.0. The molecule has 2 rings (SSSR count). The number of ether oxygens (including phenoxy) is 3. The maximum absolute atomic E-state index is 12.0. The van der Waals surface area contributed by atoms with Crippen LogP contribution in [0, 0.1) is 0 Å². The van der Waals surface area contributed by atoms with E-state index < -0.39 is 11.9 Å². The summed E-state index contributed by atoms with van der Waals surface area (Å²) in [6.45, 7) is 4.36. The third-order valence-corrected chi connectivity index (χ3v) is 3.49. The third kappa shape index (κ3) is 6.71. The third-order valence-electron chi connectivity index (χ3n) is 3.24. The predicted octanol–water partition coefficient (Wildman–Crippen LogP) is 3.86. The zero-order valence-electron chi connectivity index (χ0n) is 15.1. The Hall–Kier alpha value is -2.93. The van der Waals surface area contributed by atoms with Crippen LogP contribution < -0.4 is 24.8 Å². The zero-order valence-corrected chi connectivity index (χ0v) is 15.8. The topological polar surface area (TPSA) is 85.9 Å². The smallest absolute Gasteiger partial charge is 0.325 e. The molecule has 0 aliphatic heterocycles. The van der Waals surface area contributed by atoms with Gasteiger partial charge in [-0.15, -0.1) is 0 Å². The van der Waals surface area contributed by atoms with E-state index in [2.05, 4.69) is 10.6 Å². The Morgan fingerprint density at radius 2 is 1.59 bits per heavy atom. The Morgan fingerprint density at radius 1 is 0.926 bits per heavy atom. The van der Waals surface area contributed by atoms with Gasteiger partial charge in [0.1, 0.15) is 5.75 Å². The molecule has 0 aromatic heterocycles. The van der Waals surface area contributed by atoms with Crippen molar-refractivity contribution in [3.05, 3.63) is 47.5 Å². The molecule has 0 radical (unpaired) electrons. The van der Waals surface area contributed by atoms with Gasteiger partial charge in [-0.25, -0.2) is 4.79 Å². The summed E-state index contributed by atoms with van der Waals surface area (Å²) in [6.07, 6.45) is 0. The maximum atomic E-state index is 12.0. The first-order valence-corrected chi connectivity index (χ1v) is 8.78. The molecule has 0 spiro atoms. The molecule has 0 saturated carbocycles. The van der Waals surface area contributed by atoms with Gasteiger partial charge in [0.25, 0.3) is 5.91 Å².